The van der Waals surface area contributed by atoms with Crippen molar-refractivity contribution in [2.45, 2.75) is 36.8 Å². The van der Waals surface area contributed by atoms with Crippen molar-refractivity contribution in [3.63, 3.8) is 0 Å². The minimum Gasteiger partial charge on any atom is -0.385 e. The molecule has 2 unspecified atom stereocenters. The smallest absolute Gasteiger partial charge is 0.139 e. The van der Waals surface area contributed by atoms with Crippen molar-refractivity contribution >= 4 is 29.5 Å². The molecule has 0 spiro atoms. The summed E-state index contributed by atoms with van der Waals surface area (Å²) in [6.45, 7) is 2.39. The summed E-state index contributed by atoms with van der Waals surface area (Å²) in [5.74, 6) is -0.118. The van der Waals surface area contributed by atoms with Crippen LogP contribution in [0.2, 0.25) is 10.0 Å². The zero-order valence-corrected chi connectivity index (χ0v) is 18.6. The SMILES string of the molecule is CONC(C=O)C(CCN1CCC(O)(c2ccccc2)CC1)c1ccc(Cl)c(Cl)c1. The van der Waals surface area contributed by atoms with Gasteiger partial charge in [0.15, 0.2) is 0 Å². The number of hydrogen-bond donors (Lipinski definition) is 2. The highest BCUT2D eigenvalue weighted by Gasteiger charge is 2.34. The molecule has 2 N–H and O–H groups in total. The van der Waals surface area contributed by atoms with Crippen molar-refractivity contribution in [1.29, 1.82) is 0 Å². The van der Waals surface area contributed by atoms with Crippen molar-refractivity contribution < 1.29 is 14.7 Å². The van der Waals surface area contributed by atoms with E-state index in [1.165, 1.54) is 7.11 Å². The number of piperidine rings is 1. The summed E-state index contributed by atoms with van der Waals surface area (Å²) in [4.78, 5) is 19.1. The van der Waals surface area contributed by atoms with Gasteiger partial charge >= 0.3 is 0 Å². The number of hydrogen-bond acceptors (Lipinski definition) is 5. The zero-order valence-electron chi connectivity index (χ0n) is 17.1. The molecule has 30 heavy (non-hydrogen) atoms. The van der Waals surface area contributed by atoms with E-state index < -0.39 is 11.6 Å². The van der Waals surface area contributed by atoms with Crippen LogP contribution in [0.5, 0.6) is 0 Å². The predicted molar refractivity (Wildman–Crippen MR) is 120 cm³/mol. The Labute approximate surface area is 187 Å². The number of benzene rings is 2. The van der Waals surface area contributed by atoms with Gasteiger partial charge in [-0.2, -0.15) is 5.48 Å². The average Bonchev–Trinajstić information content (AvgIpc) is 2.77. The number of carbonyl (C=O) groups is 1. The topological polar surface area (TPSA) is 61.8 Å². The zero-order chi connectivity index (χ0) is 21.6. The first-order valence-corrected chi connectivity index (χ1v) is 10.9. The molecule has 1 aliphatic rings. The molecule has 1 heterocycles. The highest BCUT2D eigenvalue weighted by atomic mass is 35.5. The monoisotopic (exact) mass is 450 g/mol. The maximum atomic E-state index is 11.7. The van der Waals surface area contributed by atoms with Crippen LogP contribution in [0.1, 0.15) is 36.3 Å². The lowest BCUT2D eigenvalue weighted by atomic mass is 9.84. The number of halogens is 2. The fourth-order valence-corrected chi connectivity index (χ4v) is 4.45. The molecule has 0 radical (unpaired) electrons. The first-order valence-electron chi connectivity index (χ1n) is 10.2. The Balaban J connectivity index is 1.66. The average molecular weight is 451 g/mol. The van der Waals surface area contributed by atoms with Crippen LogP contribution in [0, 0.1) is 0 Å². The number of rotatable bonds is 9. The second-order valence-corrected chi connectivity index (χ2v) is 8.61. The van der Waals surface area contributed by atoms with E-state index in [0.717, 1.165) is 43.5 Å². The molecule has 0 bridgehead atoms. The first kappa shape index (κ1) is 23.2. The lowest BCUT2D eigenvalue weighted by Gasteiger charge is -2.39. The summed E-state index contributed by atoms with van der Waals surface area (Å²) in [5, 5.41) is 12.0. The predicted octanol–water partition coefficient (Wildman–Crippen LogP) is 4.17. The second kappa shape index (κ2) is 10.7. The molecule has 3 rings (SSSR count). The van der Waals surface area contributed by atoms with E-state index in [4.69, 9.17) is 28.0 Å². The number of likely N-dealkylation sites (tertiary alicyclic amines) is 1. The van der Waals surface area contributed by atoms with Crippen LogP contribution in [-0.4, -0.2) is 49.1 Å². The fourth-order valence-electron chi connectivity index (χ4n) is 4.14. The summed E-state index contributed by atoms with van der Waals surface area (Å²) in [6.07, 6.45) is 2.96. The molecule has 5 nitrogen and oxygen atoms in total. The molecule has 0 aliphatic carbocycles. The second-order valence-electron chi connectivity index (χ2n) is 7.79. The molecule has 162 valence electrons. The van der Waals surface area contributed by atoms with Crippen LogP contribution >= 0.6 is 23.2 Å². The highest BCUT2D eigenvalue weighted by molar-refractivity contribution is 6.42. The third-order valence-electron chi connectivity index (χ3n) is 5.96. The molecule has 7 heteroatoms. The van der Waals surface area contributed by atoms with Gasteiger partial charge in [-0.05, 0) is 49.1 Å². The van der Waals surface area contributed by atoms with E-state index in [1.54, 1.807) is 6.07 Å². The summed E-state index contributed by atoms with van der Waals surface area (Å²) < 4.78 is 0. The summed E-state index contributed by atoms with van der Waals surface area (Å²) in [6, 6.07) is 14.8. The van der Waals surface area contributed by atoms with Gasteiger partial charge in [0, 0.05) is 19.0 Å². The van der Waals surface area contributed by atoms with Crippen molar-refractivity contribution in [3.8, 4) is 0 Å². The Kier molecular flexibility index (Phi) is 8.28. The minimum atomic E-state index is -0.774. The van der Waals surface area contributed by atoms with E-state index in [1.807, 2.05) is 42.5 Å². The van der Waals surface area contributed by atoms with E-state index in [-0.39, 0.29) is 5.92 Å². The van der Waals surface area contributed by atoms with Crippen LogP contribution in [0.15, 0.2) is 48.5 Å². The third-order valence-corrected chi connectivity index (χ3v) is 6.70. The van der Waals surface area contributed by atoms with Gasteiger partial charge in [0.05, 0.1) is 28.8 Å². The Morgan fingerprint density at radius 2 is 1.87 bits per heavy atom. The van der Waals surface area contributed by atoms with Crippen LogP contribution < -0.4 is 5.48 Å². The number of aldehydes is 1. The molecule has 0 amide bonds. The van der Waals surface area contributed by atoms with Gasteiger partial charge in [-0.25, -0.2) is 0 Å². The maximum absolute atomic E-state index is 11.7. The first-order chi connectivity index (χ1) is 14.5. The number of carbonyl (C=O) groups excluding carboxylic acids is 1. The van der Waals surface area contributed by atoms with Gasteiger partial charge in [0.1, 0.15) is 6.29 Å². The molecular formula is C23H28Cl2N2O3. The van der Waals surface area contributed by atoms with E-state index >= 15 is 0 Å². The third kappa shape index (κ3) is 5.61. The normalized spacial score (nSPS) is 18.7. The Bertz CT molecular complexity index is 826. The van der Waals surface area contributed by atoms with Gasteiger partial charge in [0.2, 0.25) is 0 Å². The van der Waals surface area contributed by atoms with Crippen molar-refractivity contribution in [1.82, 2.24) is 10.4 Å². The van der Waals surface area contributed by atoms with E-state index in [2.05, 4.69) is 10.4 Å². The van der Waals surface area contributed by atoms with Gasteiger partial charge in [0.25, 0.3) is 0 Å². The number of hydroxylamine groups is 1. The molecule has 2 aromatic rings. The van der Waals surface area contributed by atoms with E-state index in [0.29, 0.717) is 22.9 Å². The van der Waals surface area contributed by atoms with Crippen LogP contribution in [0.25, 0.3) is 0 Å². The molecule has 2 atom stereocenters. The van der Waals surface area contributed by atoms with Crippen LogP contribution in [-0.2, 0) is 15.2 Å². The van der Waals surface area contributed by atoms with Gasteiger partial charge in [-0.1, -0.05) is 59.6 Å². The van der Waals surface area contributed by atoms with Crippen molar-refractivity contribution in [3.05, 3.63) is 69.7 Å². The fraction of sp³-hybridized carbons (Fsp3) is 0.435. The molecule has 1 fully saturated rings. The quantitative estimate of drug-likeness (QED) is 0.443. The number of nitrogens with one attached hydrogen (secondary N) is 1. The Morgan fingerprint density at radius 3 is 2.47 bits per heavy atom. The maximum Gasteiger partial charge on any atom is 0.139 e. The molecular weight excluding hydrogens is 423 g/mol. The summed E-state index contributed by atoms with van der Waals surface area (Å²) in [7, 11) is 1.50. The molecule has 1 aliphatic heterocycles. The summed E-state index contributed by atoms with van der Waals surface area (Å²) >= 11 is 12.3. The number of aliphatic hydroxyl groups is 1. The highest BCUT2D eigenvalue weighted by Crippen LogP contribution is 2.34. The molecule has 0 aromatic heterocycles. The molecule has 2 aromatic carbocycles. The standard InChI is InChI=1S/C23H28Cl2N2O3/c1-30-26-22(16-28)19(17-7-8-20(24)21(25)15-17)9-12-27-13-10-23(29,11-14-27)18-5-3-2-4-6-18/h2-8,15-16,19,22,26,29H,9-14H2,1H3. The number of nitrogens with zero attached hydrogens (tertiary/aromatic N) is 1. The molecule has 0 saturated carbocycles. The van der Waals surface area contributed by atoms with Crippen molar-refractivity contribution in [2.24, 2.45) is 0 Å². The Morgan fingerprint density at radius 1 is 1.17 bits per heavy atom. The molecule has 1 saturated heterocycles. The van der Waals surface area contributed by atoms with Crippen LogP contribution in [0.4, 0.5) is 0 Å². The summed E-state index contributed by atoms with van der Waals surface area (Å²) in [5.41, 5.74) is 3.92. The lowest BCUT2D eigenvalue weighted by molar-refractivity contribution is -0.113. The lowest BCUT2D eigenvalue weighted by Crippen LogP contribution is -2.44. The van der Waals surface area contributed by atoms with Gasteiger partial charge < -0.3 is 19.6 Å². The van der Waals surface area contributed by atoms with Crippen molar-refractivity contribution in [2.75, 3.05) is 26.7 Å². The Hall–Kier alpha value is -1.47. The van der Waals surface area contributed by atoms with Crippen LogP contribution in [0.3, 0.4) is 0 Å². The largest absolute Gasteiger partial charge is 0.385 e. The van der Waals surface area contributed by atoms with Gasteiger partial charge in [-0.3, -0.25) is 0 Å². The van der Waals surface area contributed by atoms with Gasteiger partial charge in [-0.15, -0.1) is 0 Å². The van der Waals surface area contributed by atoms with E-state index in [9.17, 15) is 9.90 Å². The minimum absolute atomic E-state index is 0.118.